The summed E-state index contributed by atoms with van der Waals surface area (Å²) in [7, 11) is 3.12. The lowest BCUT2D eigenvalue weighted by Gasteiger charge is -2.11. The molecule has 4 nitrogen and oxygen atoms in total. The summed E-state index contributed by atoms with van der Waals surface area (Å²) in [5.41, 5.74) is 1.62. The molecule has 0 aliphatic rings. The molecule has 0 N–H and O–H groups in total. The topological polar surface area (TPSA) is 59.3 Å². The van der Waals surface area contributed by atoms with Gasteiger partial charge < -0.3 is 9.47 Å². The van der Waals surface area contributed by atoms with Crippen molar-refractivity contribution in [2.75, 3.05) is 20.8 Å². The summed E-state index contributed by atoms with van der Waals surface area (Å²) in [4.78, 5) is 11.9. The highest BCUT2D eigenvalue weighted by molar-refractivity contribution is 5.88. The van der Waals surface area contributed by atoms with Crippen molar-refractivity contribution in [3.05, 3.63) is 29.3 Å². The summed E-state index contributed by atoms with van der Waals surface area (Å²) >= 11 is 0. The predicted octanol–water partition coefficient (Wildman–Crippen LogP) is 2.22. The zero-order valence-corrected chi connectivity index (χ0v) is 10.9. The molecule has 1 atom stereocenters. The first-order chi connectivity index (χ1) is 8.63. The molecule has 0 radical (unpaired) electrons. The average molecular weight is 247 g/mol. The van der Waals surface area contributed by atoms with E-state index in [1.807, 2.05) is 19.1 Å². The molecule has 0 amide bonds. The smallest absolute Gasteiger partial charge is 0.156 e. The summed E-state index contributed by atoms with van der Waals surface area (Å²) in [6.07, 6.45) is 0.250. The predicted molar refractivity (Wildman–Crippen MR) is 67.6 cm³/mol. The first kappa shape index (κ1) is 14.2. The van der Waals surface area contributed by atoms with E-state index in [1.54, 1.807) is 19.2 Å². The molecule has 0 spiro atoms. The Bertz CT molecular complexity index is 463. The van der Waals surface area contributed by atoms with Gasteiger partial charge in [-0.15, -0.1) is 0 Å². The van der Waals surface area contributed by atoms with Gasteiger partial charge in [-0.1, -0.05) is 12.1 Å². The summed E-state index contributed by atoms with van der Waals surface area (Å²) in [6.45, 7) is 2.22. The van der Waals surface area contributed by atoms with Crippen LogP contribution in [0.1, 0.15) is 23.5 Å². The molecule has 0 fully saturated rings. The van der Waals surface area contributed by atoms with Gasteiger partial charge in [-0.2, -0.15) is 5.26 Å². The van der Waals surface area contributed by atoms with Gasteiger partial charge >= 0.3 is 0 Å². The van der Waals surface area contributed by atoms with Crippen LogP contribution in [-0.4, -0.2) is 26.6 Å². The highest BCUT2D eigenvalue weighted by Crippen LogP contribution is 2.24. The van der Waals surface area contributed by atoms with Crippen LogP contribution >= 0.6 is 0 Å². The Hall–Kier alpha value is -1.86. The van der Waals surface area contributed by atoms with Crippen molar-refractivity contribution in [3.63, 3.8) is 0 Å². The number of Topliss-reactive ketones (excluding diaryl/α,β-unsaturated/α-hetero) is 1. The third kappa shape index (κ3) is 3.31. The molecule has 1 unspecified atom stereocenters. The van der Waals surface area contributed by atoms with Crippen LogP contribution in [0, 0.1) is 18.3 Å². The summed E-state index contributed by atoms with van der Waals surface area (Å²) in [5.74, 6) is -0.103. The second-order valence-electron chi connectivity index (χ2n) is 4.00. The third-order valence-corrected chi connectivity index (χ3v) is 2.76. The van der Waals surface area contributed by atoms with E-state index in [2.05, 4.69) is 0 Å². The van der Waals surface area contributed by atoms with Crippen LogP contribution in [0.5, 0.6) is 5.75 Å². The second kappa shape index (κ2) is 6.77. The SMILES string of the molecule is COCCC(=O)C(C#N)c1ccc(OC)c(C)c1. The first-order valence-electron chi connectivity index (χ1n) is 5.69. The number of hydrogen-bond acceptors (Lipinski definition) is 4. The highest BCUT2D eigenvalue weighted by Gasteiger charge is 2.20. The van der Waals surface area contributed by atoms with Gasteiger partial charge in [0.2, 0.25) is 0 Å². The molecule has 1 aromatic carbocycles. The molecule has 0 aliphatic carbocycles. The number of rotatable bonds is 6. The number of ketones is 1. The van der Waals surface area contributed by atoms with E-state index in [9.17, 15) is 4.79 Å². The number of benzene rings is 1. The Morgan fingerprint density at radius 2 is 2.17 bits per heavy atom. The van der Waals surface area contributed by atoms with Crippen molar-refractivity contribution in [2.24, 2.45) is 0 Å². The minimum atomic E-state index is -0.732. The van der Waals surface area contributed by atoms with Gasteiger partial charge in [0.25, 0.3) is 0 Å². The highest BCUT2D eigenvalue weighted by atomic mass is 16.5. The molecule has 96 valence electrons. The summed E-state index contributed by atoms with van der Waals surface area (Å²) < 4.78 is 10.0. The molecule has 4 heteroatoms. The monoisotopic (exact) mass is 247 g/mol. The van der Waals surface area contributed by atoms with E-state index < -0.39 is 5.92 Å². The summed E-state index contributed by atoms with van der Waals surface area (Å²) in [6, 6.07) is 7.39. The Labute approximate surface area is 107 Å². The number of aryl methyl sites for hydroxylation is 1. The lowest BCUT2D eigenvalue weighted by molar-refractivity contribution is -0.120. The van der Waals surface area contributed by atoms with E-state index >= 15 is 0 Å². The van der Waals surface area contributed by atoms with E-state index in [4.69, 9.17) is 14.7 Å². The number of carbonyl (C=O) groups is 1. The standard InChI is InChI=1S/C14H17NO3/c1-10-8-11(4-5-14(10)18-3)12(9-15)13(16)6-7-17-2/h4-5,8,12H,6-7H2,1-3H3. The van der Waals surface area contributed by atoms with Gasteiger partial charge in [0.15, 0.2) is 5.78 Å². The van der Waals surface area contributed by atoms with Crippen LogP contribution in [-0.2, 0) is 9.53 Å². The molecule has 0 saturated carbocycles. The number of hydrogen-bond donors (Lipinski definition) is 0. The zero-order chi connectivity index (χ0) is 13.5. The van der Waals surface area contributed by atoms with Crippen LogP contribution in [0.2, 0.25) is 0 Å². The van der Waals surface area contributed by atoms with Gasteiger partial charge in [-0.05, 0) is 24.1 Å². The van der Waals surface area contributed by atoms with Crippen LogP contribution < -0.4 is 4.74 Å². The molecule has 1 rings (SSSR count). The molecule has 0 aliphatic heterocycles. The molecule has 0 saturated heterocycles. The Morgan fingerprint density at radius 3 is 2.67 bits per heavy atom. The maximum absolute atomic E-state index is 11.9. The molecule has 18 heavy (non-hydrogen) atoms. The maximum atomic E-state index is 11.9. The molecule has 0 aromatic heterocycles. The molecular weight excluding hydrogens is 230 g/mol. The molecule has 1 aromatic rings. The summed E-state index contributed by atoms with van der Waals surface area (Å²) in [5, 5.41) is 9.12. The van der Waals surface area contributed by atoms with E-state index in [1.165, 1.54) is 7.11 Å². The fourth-order valence-corrected chi connectivity index (χ4v) is 1.76. The van der Waals surface area contributed by atoms with Crippen LogP contribution in [0.15, 0.2) is 18.2 Å². The lowest BCUT2D eigenvalue weighted by atomic mass is 9.93. The van der Waals surface area contributed by atoms with Gasteiger partial charge in [0, 0.05) is 13.5 Å². The first-order valence-corrected chi connectivity index (χ1v) is 5.69. The lowest BCUT2D eigenvalue weighted by Crippen LogP contribution is -2.13. The Balaban J connectivity index is 2.93. The van der Waals surface area contributed by atoms with Crippen molar-refractivity contribution >= 4 is 5.78 Å². The fraction of sp³-hybridized carbons (Fsp3) is 0.429. The normalized spacial score (nSPS) is 11.7. The quantitative estimate of drug-likeness (QED) is 0.773. The maximum Gasteiger partial charge on any atom is 0.156 e. The van der Waals surface area contributed by atoms with Crippen LogP contribution in [0.25, 0.3) is 0 Å². The van der Waals surface area contributed by atoms with Crippen molar-refractivity contribution < 1.29 is 14.3 Å². The molecule has 0 heterocycles. The van der Waals surface area contributed by atoms with Gasteiger partial charge in [-0.25, -0.2) is 0 Å². The number of methoxy groups -OCH3 is 2. The largest absolute Gasteiger partial charge is 0.496 e. The average Bonchev–Trinajstić information content (AvgIpc) is 2.37. The minimum absolute atomic E-state index is 0.121. The Kier molecular flexibility index (Phi) is 5.34. The number of ether oxygens (including phenoxy) is 2. The second-order valence-corrected chi connectivity index (χ2v) is 4.00. The van der Waals surface area contributed by atoms with Crippen LogP contribution in [0.3, 0.4) is 0 Å². The Morgan fingerprint density at radius 1 is 1.44 bits per heavy atom. The number of nitriles is 1. The fourth-order valence-electron chi connectivity index (χ4n) is 1.76. The van der Waals surface area contributed by atoms with Crippen molar-refractivity contribution in [3.8, 4) is 11.8 Å². The minimum Gasteiger partial charge on any atom is -0.496 e. The van der Waals surface area contributed by atoms with Gasteiger partial charge in [0.1, 0.15) is 11.7 Å². The van der Waals surface area contributed by atoms with E-state index in [0.717, 1.165) is 11.3 Å². The number of carbonyl (C=O) groups excluding carboxylic acids is 1. The zero-order valence-electron chi connectivity index (χ0n) is 10.9. The van der Waals surface area contributed by atoms with Crippen molar-refractivity contribution in [2.45, 2.75) is 19.3 Å². The van der Waals surface area contributed by atoms with Crippen molar-refractivity contribution in [1.29, 1.82) is 5.26 Å². The van der Waals surface area contributed by atoms with E-state index in [-0.39, 0.29) is 12.2 Å². The van der Waals surface area contributed by atoms with Crippen LogP contribution in [0.4, 0.5) is 0 Å². The molecular formula is C14H17NO3. The van der Waals surface area contributed by atoms with E-state index in [0.29, 0.717) is 12.2 Å². The van der Waals surface area contributed by atoms with Gasteiger partial charge in [-0.3, -0.25) is 4.79 Å². The number of nitrogens with zero attached hydrogens (tertiary/aromatic N) is 1. The third-order valence-electron chi connectivity index (χ3n) is 2.76. The molecule has 0 bridgehead atoms. The van der Waals surface area contributed by atoms with Gasteiger partial charge in [0.05, 0.1) is 19.8 Å². The van der Waals surface area contributed by atoms with Crippen molar-refractivity contribution in [1.82, 2.24) is 0 Å².